The molecule has 0 aliphatic rings. The number of hydrazine groups is 1. The van der Waals surface area contributed by atoms with Gasteiger partial charge in [-0.05, 0) is 24.3 Å². The highest BCUT2D eigenvalue weighted by atomic mass is 35.5. The normalized spacial score (nSPS) is 10.1. The van der Waals surface area contributed by atoms with Crippen molar-refractivity contribution in [3.63, 3.8) is 0 Å². The zero-order chi connectivity index (χ0) is 13.8. The first-order valence-corrected chi connectivity index (χ1v) is 6.06. The molecule has 4 N–H and O–H groups in total. The molecule has 0 saturated heterocycles. The number of nitrogens with one attached hydrogen (secondary N) is 2. The van der Waals surface area contributed by atoms with E-state index in [2.05, 4.69) is 15.7 Å². The van der Waals surface area contributed by atoms with Crippen LogP contribution in [0.4, 0.5) is 11.5 Å². The van der Waals surface area contributed by atoms with Gasteiger partial charge in [0.25, 0.3) is 5.91 Å². The molecule has 0 aliphatic heterocycles. The van der Waals surface area contributed by atoms with Crippen molar-refractivity contribution in [2.75, 3.05) is 10.7 Å². The maximum atomic E-state index is 12.1. The summed E-state index contributed by atoms with van der Waals surface area (Å²) in [6, 6.07) is 9.85. The lowest BCUT2D eigenvalue weighted by atomic mass is 10.2. The van der Waals surface area contributed by atoms with Crippen LogP contribution in [0.1, 0.15) is 10.4 Å². The number of carbonyl (C=O) groups excluding carboxylic acids is 1. The van der Waals surface area contributed by atoms with E-state index in [1.54, 1.807) is 24.3 Å². The van der Waals surface area contributed by atoms with Gasteiger partial charge in [0.15, 0.2) is 0 Å². The maximum absolute atomic E-state index is 12.1. The van der Waals surface area contributed by atoms with Crippen molar-refractivity contribution in [1.82, 2.24) is 4.98 Å². The van der Waals surface area contributed by atoms with Crippen molar-refractivity contribution in [1.29, 1.82) is 0 Å². The second-order valence-electron chi connectivity index (χ2n) is 3.64. The Morgan fingerprint density at radius 2 is 1.95 bits per heavy atom. The zero-order valence-electron chi connectivity index (χ0n) is 9.65. The predicted octanol–water partition coefficient (Wildman–Crippen LogP) is 2.93. The van der Waals surface area contributed by atoms with E-state index in [9.17, 15) is 4.79 Å². The summed E-state index contributed by atoms with van der Waals surface area (Å²) in [5.74, 6) is 5.19. The van der Waals surface area contributed by atoms with E-state index in [4.69, 9.17) is 29.0 Å². The third kappa shape index (κ3) is 3.35. The number of carbonyl (C=O) groups is 1. The number of hydrogen-bond donors (Lipinski definition) is 3. The number of rotatable bonds is 3. The monoisotopic (exact) mass is 296 g/mol. The molecule has 7 heteroatoms. The molecule has 0 bridgehead atoms. The third-order valence-corrected chi connectivity index (χ3v) is 2.85. The van der Waals surface area contributed by atoms with Gasteiger partial charge >= 0.3 is 0 Å². The molecule has 1 amide bonds. The molecule has 0 fully saturated rings. The van der Waals surface area contributed by atoms with Crippen LogP contribution in [0.5, 0.6) is 0 Å². The SMILES string of the molecule is NNc1cc(C(=O)Nc2ccccc2Cl)cc(Cl)n1. The summed E-state index contributed by atoms with van der Waals surface area (Å²) in [4.78, 5) is 15.9. The number of benzene rings is 1. The Kier molecular flexibility index (Phi) is 4.21. The van der Waals surface area contributed by atoms with E-state index in [0.717, 1.165) is 0 Å². The first kappa shape index (κ1) is 13.6. The third-order valence-electron chi connectivity index (χ3n) is 2.33. The minimum absolute atomic E-state index is 0.166. The molecule has 0 unspecified atom stereocenters. The lowest BCUT2D eigenvalue weighted by Gasteiger charge is -2.08. The number of nitrogens with two attached hydrogens (primary N) is 1. The van der Waals surface area contributed by atoms with Gasteiger partial charge in [0.05, 0.1) is 10.7 Å². The molecule has 1 heterocycles. The second-order valence-corrected chi connectivity index (χ2v) is 4.44. The van der Waals surface area contributed by atoms with Crippen LogP contribution >= 0.6 is 23.2 Å². The Labute approximate surface area is 119 Å². The van der Waals surface area contributed by atoms with Gasteiger partial charge in [0.2, 0.25) is 0 Å². The van der Waals surface area contributed by atoms with Crippen molar-refractivity contribution in [2.24, 2.45) is 5.84 Å². The lowest BCUT2D eigenvalue weighted by Crippen LogP contribution is -2.14. The molecular formula is C12H10Cl2N4O. The number of nitrogens with zero attached hydrogens (tertiary/aromatic N) is 1. The van der Waals surface area contributed by atoms with E-state index < -0.39 is 0 Å². The molecule has 1 aromatic heterocycles. The Balaban J connectivity index is 2.25. The molecule has 0 saturated carbocycles. The van der Waals surface area contributed by atoms with E-state index in [-0.39, 0.29) is 11.1 Å². The number of aromatic nitrogens is 1. The predicted molar refractivity (Wildman–Crippen MR) is 76.5 cm³/mol. The average Bonchev–Trinajstić information content (AvgIpc) is 2.40. The highest BCUT2D eigenvalue weighted by Gasteiger charge is 2.10. The first-order chi connectivity index (χ1) is 9.10. The van der Waals surface area contributed by atoms with Gasteiger partial charge in [-0.15, -0.1) is 0 Å². The average molecular weight is 297 g/mol. The van der Waals surface area contributed by atoms with Gasteiger partial charge in [0, 0.05) is 5.56 Å². The standard InChI is InChI=1S/C12H10Cl2N4O/c13-8-3-1-2-4-9(8)16-12(19)7-5-10(14)17-11(6-7)18-15/h1-6H,15H2,(H,16,19)(H,17,18). The van der Waals surface area contributed by atoms with Crippen molar-refractivity contribution in [3.05, 3.63) is 52.1 Å². The number of halogens is 2. The van der Waals surface area contributed by atoms with Crippen LogP contribution in [0, 0.1) is 0 Å². The van der Waals surface area contributed by atoms with E-state index in [0.29, 0.717) is 22.1 Å². The summed E-state index contributed by atoms with van der Waals surface area (Å²) in [7, 11) is 0. The summed E-state index contributed by atoms with van der Waals surface area (Å²) in [5, 5.41) is 3.30. The van der Waals surface area contributed by atoms with Crippen molar-refractivity contribution < 1.29 is 4.79 Å². The summed E-state index contributed by atoms with van der Waals surface area (Å²) in [5.41, 5.74) is 3.18. The number of nitrogen functional groups attached to an aromatic ring is 1. The number of anilines is 2. The van der Waals surface area contributed by atoms with Crippen LogP contribution < -0.4 is 16.6 Å². The van der Waals surface area contributed by atoms with Crippen LogP contribution in [0.15, 0.2) is 36.4 Å². The Morgan fingerprint density at radius 3 is 2.63 bits per heavy atom. The molecule has 19 heavy (non-hydrogen) atoms. The zero-order valence-corrected chi connectivity index (χ0v) is 11.2. The quantitative estimate of drug-likeness (QED) is 0.462. The largest absolute Gasteiger partial charge is 0.321 e. The van der Waals surface area contributed by atoms with Crippen LogP contribution in [0.2, 0.25) is 10.2 Å². The van der Waals surface area contributed by atoms with Gasteiger partial charge in [-0.1, -0.05) is 35.3 Å². The lowest BCUT2D eigenvalue weighted by molar-refractivity contribution is 0.102. The number of pyridine rings is 1. The summed E-state index contributed by atoms with van der Waals surface area (Å²) < 4.78 is 0. The molecule has 0 atom stereocenters. The molecular weight excluding hydrogens is 287 g/mol. The Bertz CT molecular complexity index is 618. The molecule has 0 spiro atoms. The first-order valence-electron chi connectivity index (χ1n) is 5.30. The van der Waals surface area contributed by atoms with Crippen LogP contribution in [-0.4, -0.2) is 10.9 Å². The molecule has 98 valence electrons. The topological polar surface area (TPSA) is 80.0 Å². The van der Waals surface area contributed by atoms with E-state index in [1.165, 1.54) is 12.1 Å². The number of hydrogen-bond acceptors (Lipinski definition) is 4. The summed E-state index contributed by atoms with van der Waals surface area (Å²) >= 11 is 11.8. The molecule has 1 aromatic carbocycles. The Morgan fingerprint density at radius 1 is 1.21 bits per heavy atom. The molecule has 2 rings (SSSR count). The van der Waals surface area contributed by atoms with Crippen LogP contribution in [0.25, 0.3) is 0 Å². The van der Waals surface area contributed by atoms with Gasteiger partial charge in [-0.2, -0.15) is 0 Å². The molecule has 2 aromatic rings. The van der Waals surface area contributed by atoms with Crippen molar-refractivity contribution in [3.8, 4) is 0 Å². The fourth-order valence-electron chi connectivity index (χ4n) is 1.46. The smallest absolute Gasteiger partial charge is 0.255 e. The van der Waals surface area contributed by atoms with Gasteiger partial charge < -0.3 is 10.7 Å². The molecule has 5 nitrogen and oxygen atoms in total. The number of para-hydroxylation sites is 1. The van der Waals surface area contributed by atoms with Crippen LogP contribution in [0.3, 0.4) is 0 Å². The van der Waals surface area contributed by atoms with Gasteiger partial charge in [-0.3, -0.25) is 4.79 Å². The van der Waals surface area contributed by atoms with Crippen molar-refractivity contribution in [2.45, 2.75) is 0 Å². The van der Waals surface area contributed by atoms with Crippen LogP contribution in [-0.2, 0) is 0 Å². The minimum atomic E-state index is -0.353. The fourth-order valence-corrected chi connectivity index (χ4v) is 1.85. The highest BCUT2D eigenvalue weighted by Crippen LogP contribution is 2.22. The molecule has 0 aliphatic carbocycles. The second kappa shape index (κ2) is 5.88. The van der Waals surface area contributed by atoms with E-state index in [1.807, 2.05) is 0 Å². The molecule has 0 radical (unpaired) electrons. The maximum Gasteiger partial charge on any atom is 0.255 e. The van der Waals surface area contributed by atoms with Crippen molar-refractivity contribution >= 4 is 40.6 Å². The van der Waals surface area contributed by atoms with Gasteiger partial charge in [0.1, 0.15) is 11.0 Å². The van der Waals surface area contributed by atoms with E-state index >= 15 is 0 Å². The highest BCUT2D eigenvalue weighted by molar-refractivity contribution is 6.34. The summed E-state index contributed by atoms with van der Waals surface area (Å²) in [6.45, 7) is 0. The number of amides is 1. The van der Waals surface area contributed by atoms with Gasteiger partial charge in [-0.25, -0.2) is 10.8 Å². The fraction of sp³-hybridized carbons (Fsp3) is 0. The summed E-state index contributed by atoms with van der Waals surface area (Å²) in [6.07, 6.45) is 0. The Hall–Kier alpha value is -1.82. The minimum Gasteiger partial charge on any atom is -0.321 e.